The number of aliphatic hydroxyl groups is 1. The maximum absolute atomic E-state index is 13.5. The highest BCUT2D eigenvalue weighted by molar-refractivity contribution is 7.92. The van der Waals surface area contributed by atoms with Gasteiger partial charge in [0.05, 0.1) is 18.0 Å². The number of aliphatic hydroxyl groups excluding tert-OH is 1. The number of β-amino-alcohol motifs (C(OH)–C–C–N with tert-alkyl or cyclic N) is 1. The summed E-state index contributed by atoms with van der Waals surface area (Å²) in [6.45, 7) is 2.14. The summed E-state index contributed by atoms with van der Waals surface area (Å²) in [7, 11) is -1.95. The Morgan fingerprint density at radius 1 is 1.11 bits per heavy atom. The molecule has 1 saturated heterocycles. The molecule has 0 spiro atoms. The van der Waals surface area contributed by atoms with Crippen molar-refractivity contribution < 1.29 is 23.1 Å². The predicted molar refractivity (Wildman–Crippen MR) is 149 cm³/mol. The summed E-state index contributed by atoms with van der Waals surface area (Å²) in [6, 6.07) is 19.6. The fourth-order valence-corrected chi connectivity index (χ4v) is 6.79. The summed E-state index contributed by atoms with van der Waals surface area (Å²) in [5.41, 5.74) is 2.38. The molecule has 9 heteroatoms. The Morgan fingerprint density at radius 3 is 2.61 bits per heavy atom. The van der Waals surface area contributed by atoms with E-state index < -0.39 is 22.2 Å². The summed E-state index contributed by atoms with van der Waals surface area (Å²) in [5.74, 6) is -0.285. The molecule has 0 bridgehead atoms. The lowest BCUT2D eigenvalue weighted by molar-refractivity contribution is -0.128. The van der Waals surface area contributed by atoms with E-state index in [0.717, 1.165) is 41.3 Å². The number of carbonyl (C=O) groups excluding carboxylic acids is 1. The van der Waals surface area contributed by atoms with Gasteiger partial charge in [0.2, 0.25) is 10.0 Å². The van der Waals surface area contributed by atoms with Crippen molar-refractivity contribution in [2.24, 2.45) is 0 Å². The number of carbonyl (C=O) groups is 1. The SMILES string of the molecule is CNC(=O)C(Oc1cccc2c1N(S(C)(=O)=O)CCC2)[C@H](CN1CC[C@H](O)C1)c1cccc2ccccc12. The first-order chi connectivity index (χ1) is 18.3. The van der Waals surface area contributed by atoms with Crippen molar-refractivity contribution in [2.75, 3.05) is 43.8 Å². The molecule has 2 aliphatic heterocycles. The van der Waals surface area contributed by atoms with Gasteiger partial charge in [-0.15, -0.1) is 0 Å². The molecule has 38 heavy (non-hydrogen) atoms. The van der Waals surface area contributed by atoms with Gasteiger partial charge >= 0.3 is 0 Å². The van der Waals surface area contributed by atoms with Crippen LogP contribution in [-0.2, 0) is 21.2 Å². The minimum absolute atomic E-state index is 0.290. The van der Waals surface area contributed by atoms with Crippen molar-refractivity contribution in [1.82, 2.24) is 10.2 Å². The number of para-hydroxylation sites is 1. The summed E-state index contributed by atoms with van der Waals surface area (Å²) >= 11 is 0. The van der Waals surface area contributed by atoms with E-state index in [1.54, 1.807) is 13.1 Å². The van der Waals surface area contributed by atoms with E-state index in [2.05, 4.69) is 10.2 Å². The zero-order valence-electron chi connectivity index (χ0n) is 21.8. The Bertz CT molecular complexity index is 1420. The normalized spacial score (nSPS) is 19.7. The maximum Gasteiger partial charge on any atom is 0.261 e. The first kappa shape index (κ1) is 26.5. The van der Waals surface area contributed by atoms with Gasteiger partial charge in [0.15, 0.2) is 6.10 Å². The minimum Gasteiger partial charge on any atom is -0.478 e. The van der Waals surface area contributed by atoms with E-state index in [9.17, 15) is 18.3 Å². The summed E-state index contributed by atoms with van der Waals surface area (Å²) < 4.78 is 33.4. The first-order valence-electron chi connectivity index (χ1n) is 13.1. The van der Waals surface area contributed by atoms with Crippen molar-refractivity contribution >= 4 is 32.4 Å². The van der Waals surface area contributed by atoms with Crippen LogP contribution < -0.4 is 14.4 Å². The third-order valence-corrected chi connectivity index (χ3v) is 8.75. The molecule has 1 fully saturated rings. The molecule has 5 rings (SSSR count). The molecule has 0 radical (unpaired) electrons. The van der Waals surface area contributed by atoms with Crippen molar-refractivity contribution in [3.05, 3.63) is 71.8 Å². The highest BCUT2D eigenvalue weighted by atomic mass is 32.2. The smallest absolute Gasteiger partial charge is 0.261 e. The number of ether oxygens (including phenoxy) is 1. The molecule has 0 saturated carbocycles. The Hall–Kier alpha value is -3.14. The van der Waals surface area contributed by atoms with Gasteiger partial charge in [0.25, 0.3) is 5.91 Å². The number of hydrogen-bond donors (Lipinski definition) is 2. The van der Waals surface area contributed by atoms with Crippen molar-refractivity contribution in [2.45, 2.75) is 37.4 Å². The fraction of sp³-hybridized carbons (Fsp3) is 0.414. The molecule has 202 valence electrons. The number of rotatable bonds is 8. The summed E-state index contributed by atoms with van der Waals surface area (Å²) in [5, 5.41) is 15.1. The number of aryl methyl sites for hydroxylation is 1. The predicted octanol–water partition coefficient (Wildman–Crippen LogP) is 2.90. The molecule has 2 heterocycles. The average molecular weight is 538 g/mol. The Morgan fingerprint density at radius 2 is 1.87 bits per heavy atom. The van der Waals surface area contributed by atoms with Crippen LogP contribution in [-0.4, -0.2) is 76.0 Å². The molecule has 3 aromatic rings. The minimum atomic E-state index is -3.53. The zero-order valence-corrected chi connectivity index (χ0v) is 22.7. The van der Waals surface area contributed by atoms with E-state index >= 15 is 0 Å². The summed E-state index contributed by atoms with van der Waals surface area (Å²) in [4.78, 5) is 15.7. The number of sulfonamides is 1. The first-order valence-corrected chi connectivity index (χ1v) is 15.0. The van der Waals surface area contributed by atoms with Gasteiger partial charge in [0, 0.05) is 39.1 Å². The number of nitrogens with zero attached hydrogens (tertiary/aromatic N) is 2. The second-order valence-corrected chi connectivity index (χ2v) is 12.1. The molecule has 8 nitrogen and oxygen atoms in total. The third kappa shape index (κ3) is 5.36. The number of likely N-dealkylation sites (N-methyl/N-ethyl adjacent to an activating group) is 1. The largest absolute Gasteiger partial charge is 0.478 e. The molecule has 3 atom stereocenters. The molecular formula is C29H35N3O5S. The molecule has 0 aromatic heterocycles. The molecule has 2 aliphatic rings. The second-order valence-electron chi connectivity index (χ2n) is 10.2. The molecule has 1 unspecified atom stereocenters. The number of hydrogen-bond acceptors (Lipinski definition) is 6. The Labute approximate surface area is 224 Å². The van der Waals surface area contributed by atoms with E-state index in [1.807, 2.05) is 54.6 Å². The molecular weight excluding hydrogens is 502 g/mol. The molecule has 1 amide bonds. The van der Waals surface area contributed by atoms with Crippen LogP contribution in [0.4, 0.5) is 5.69 Å². The van der Waals surface area contributed by atoms with Gasteiger partial charge in [-0.05, 0) is 47.2 Å². The topological polar surface area (TPSA) is 99.2 Å². The van der Waals surface area contributed by atoms with Crippen LogP contribution >= 0.6 is 0 Å². The van der Waals surface area contributed by atoms with Crippen LogP contribution in [0.25, 0.3) is 10.8 Å². The number of benzene rings is 3. The number of likely N-dealkylation sites (tertiary alicyclic amines) is 1. The molecule has 3 aromatic carbocycles. The van der Waals surface area contributed by atoms with E-state index in [-0.39, 0.29) is 11.8 Å². The lowest BCUT2D eigenvalue weighted by Crippen LogP contribution is -2.45. The van der Waals surface area contributed by atoms with E-state index in [4.69, 9.17) is 4.74 Å². The average Bonchev–Trinajstić information content (AvgIpc) is 3.33. The van der Waals surface area contributed by atoms with Crippen LogP contribution in [0.3, 0.4) is 0 Å². The highest BCUT2D eigenvalue weighted by Crippen LogP contribution is 2.40. The van der Waals surface area contributed by atoms with Gasteiger partial charge in [0.1, 0.15) is 5.75 Å². The van der Waals surface area contributed by atoms with Gasteiger partial charge in [-0.2, -0.15) is 0 Å². The van der Waals surface area contributed by atoms with Gasteiger partial charge in [-0.25, -0.2) is 8.42 Å². The number of fused-ring (bicyclic) bond motifs is 2. The summed E-state index contributed by atoms with van der Waals surface area (Å²) in [6.07, 6.45) is 2.01. The number of nitrogens with one attached hydrogen (secondary N) is 1. The van der Waals surface area contributed by atoms with Gasteiger partial charge in [-0.3, -0.25) is 14.0 Å². The zero-order chi connectivity index (χ0) is 26.9. The lowest BCUT2D eigenvalue weighted by atomic mass is 9.88. The van der Waals surface area contributed by atoms with Gasteiger partial charge in [-0.1, -0.05) is 54.6 Å². The number of anilines is 1. The van der Waals surface area contributed by atoms with Gasteiger partial charge < -0.3 is 15.2 Å². The Kier molecular flexibility index (Phi) is 7.61. The third-order valence-electron chi connectivity index (χ3n) is 7.59. The van der Waals surface area contributed by atoms with Crippen LogP contribution in [0, 0.1) is 0 Å². The van der Waals surface area contributed by atoms with Crippen LogP contribution in [0.5, 0.6) is 5.75 Å². The quantitative estimate of drug-likeness (QED) is 0.459. The highest BCUT2D eigenvalue weighted by Gasteiger charge is 2.37. The second kappa shape index (κ2) is 10.9. The molecule has 2 N–H and O–H groups in total. The monoisotopic (exact) mass is 537 g/mol. The van der Waals surface area contributed by atoms with Crippen molar-refractivity contribution in [3.63, 3.8) is 0 Å². The fourth-order valence-electron chi connectivity index (χ4n) is 5.79. The van der Waals surface area contributed by atoms with E-state index in [0.29, 0.717) is 37.5 Å². The van der Waals surface area contributed by atoms with Crippen molar-refractivity contribution in [1.29, 1.82) is 0 Å². The molecule has 0 aliphatic carbocycles. The van der Waals surface area contributed by atoms with Crippen molar-refractivity contribution in [3.8, 4) is 5.75 Å². The van der Waals surface area contributed by atoms with Crippen LogP contribution in [0.1, 0.15) is 29.9 Å². The number of amides is 1. The van der Waals surface area contributed by atoms with Crippen LogP contribution in [0.15, 0.2) is 60.7 Å². The van der Waals surface area contributed by atoms with Crippen LogP contribution in [0.2, 0.25) is 0 Å². The van der Waals surface area contributed by atoms with E-state index in [1.165, 1.54) is 10.6 Å². The standard InChI is InChI=1S/C29H35N3O5S/c1-30-29(34)28(37-26-14-6-10-21-11-7-16-32(27(21)26)38(2,35)36)25(19-31-17-15-22(33)18-31)24-13-5-9-20-8-3-4-12-23(20)24/h3-6,8-10,12-14,22,25,28,33H,7,11,15-19H2,1-2H3,(H,30,34)/t22-,25+,28?/m0/s1. The lowest BCUT2D eigenvalue weighted by Gasteiger charge is -2.34. The maximum atomic E-state index is 13.5. The Balaban J connectivity index is 1.62.